The van der Waals surface area contributed by atoms with E-state index in [0.29, 0.717) is 5.56 Å². The predicted octanol–water partition coefficient (Wildman–Crippen LogP) is 0.00280. The quantitative estimate of drug-likeness (QED) is 0.514. The van der Waals surface area contributed by atoms with E-state index in [1.54, 1.807) is 24.3 Å². The van der Waals surface area contributed by atoms with Crippen molar-refractivity contribution in [2.45, 2.75) is 49.1 Å². The van der Waals surface area contributed by atoms with Gasteiger partial charge < -0.3 is 30.3 Å². The van der Waals surface area contributed by atoms with Crippen molar-refractivity contribution < 1.29 is 30.3 Å². The summed E-state index contributed by atoms with van der Waals surface area (Å²) in [5, 5.41) is 52.3. The molecule has 0 radical (unpaired) electrons. The number of rotatable bonds is 5. The number of ether oxygens (including phenoxy) is 1. The maximum atomic E-state index is 10.8. The molecule has 3 rings (SSSR count). The molecule has 1 unspecified atom stereocenters. The van der Waals surface area contributed by atoms with Crippen molar-refractivity contribution in [3.63, 3.8) is 0 Å². The zero-order chi connectivity index (χ0) is 18.7. The topological polar surface area (TPSA) is 110 Å². The molecule has 0 aliphatic carbocycles. The maximum Gasteiger partial charge on any atom is 0.187 e. The van der Waals surface area contributed by atoms with E-state index in [9.17, 15) is 25.5 Å². The van der Waals surface area contributed by atoms with Crippen LogP contribution in [0.3, 0.4) is 0 Å². The lowest BCUT2D eigenvalue weighted by Gasteiger charge is -2.47. The van der Waals surface area contributed by atoms with E-state index in [0.717, 1.165) is 5.56 Å². The van der Waals surface area contributed by atoms with E-state index in [1.165, 1.54) is 0 Å². The van der Waals surface area contributed by atoms with Crippen LogP contribution in [0.2, 0.25) is 0 Å². The smallest absolute Gasteiger partial charge is 0.187 e. The SMILES string of the molecule is OC(Cc1ccccc1)[C@H]1O[C@H](O)[C@@](O)(Cc2ccccc2)[C@@H](O)[C@H]1O. The average Bonchev–Trinajstić information content (AvgIpc) is 2.65. The van der Waals surface area contributed by atoms with Crippen LogP contribution in [-0.4, -0.2) is 61.8 Å². The first-order valence-corrected chi connectivity index (χ1v) is 8.60. The molecule has 140 valence electrons. The van der Waals surface area contributed by atoms with Crippen molar-refractivity contribution in [2.24, 2.45) is 0 Å². The third kappa shape index (κ3) is 3.81. The molecule has 1 fully saturated rings. The van der Waals surface area contributed by atoms with Crippen LogP contribution < -0.4 is 0 Å². The molecule has 6 nitrogen and oxygen atoms in total. The normalized spacial score (nSPS) is 33.0. The van der Waals surface area contributed by atoms with Crippen LogP contribution in [0, 0.1) is 0 Å². The van der Waals surface area contributed by atoms with Gasteiger partial charge in [0.05, 0.1) is 6.10 Å². The molecule has 5 N–H and O–H groups in total. The summed E-state index contributed by atoms with van der Waals surface area (Å²) >= 11 is 0. The van der Waals surface area contributed by atoms with Crippen LogP contribution in [0.1, 0.15) is 11.1 Å². The third-order valence-corrected chi connectivity index (χ3v) is 4.88. The second-order valence-electron chi connectivity index (χ2n) is 6.80. The Hall–Kier alpha value is -1.80. The van der Waals surface area contributed by atoms with Gasteiger partial charge in [0.1, 0.15) is 23.9 Å². The minimum Gasteiger partial charge on any atom is -0.390 e. The van der Waals surface area contributed by atoms with Gasteiger partial charge in [0.15, 0.2) is 6.29 Å². The van der Waals surface area contributed by atoms with E-state index < -0.39 is 36.3 Å². The van der Waals surface area contributed by atoms with E-state index >= 15 is 0 Å². The van der Waals surface area contributed by atoms with Gasteiger partial charge in [-0.05, 0) is 11.1 Å². The fraction of sp³-hybridized carbons (Fsp3) is 0.400. The van der Waals surface area contributed by atoms with Crippen molar-refractivity contribution in [1.29, 1.82) is 0 Å². The Morgan fingerprint density at radius 1 is 0.885 bits per heavy atom. The Balaban J connectivity index is 1.74. The van der Waals surface area contributed by atoms with Crippen molar-refractivity contribution in [3.8, 4) is 0 Å². The van der Waals surface area contributed by atoms with Gasteiger partial charge in [-0.2, -0.15) is 0 Å². The maximum absolute atomic E-state index is 10.8. The molecule has 0 bridgehead atoms. The summed E-state index contributed by atoms with van der Waals surface area (Å²) in [6.07, 6.45) is -7.29. The largest absolute Gasteiger partial charge is 0.390 e. The number of hydrogen-bond donors (Lipinski definition) is 5. The molecule has 0 amide bonds. The zero-order valence-electron chi connectivity index (χ0n) is 14.2. The Morgan fingerprint density at radius 2 is 1.42 bits per heavy atom. The molecule has 0 spiro atoms. The lowest BCUT2D eigenvalue weighted by atomic mass is 9.80. The van der Waals surface area contributed by atoms with E-state index in [2.05, 4.69) is 0 Å². The Bertz CT molecular complexity index is 692. The number of aliphatic hydroxyl groups is 5. The molecule has 26 heavy (non-hydrogen) atoms. The summed E-state index contributed by atoms with van der Waals surface area (Å²) in [4.78, 5) is 0. The van der Waals surface area contributed by atoms with Gasteiger partial charge in [0.25, 0.3) is 0 Å². The van der Waals surface area contributed by atoms with Gasteiger partial charge in [-0.1, -0.05) is 60.7 Å². The van der Waals surface area contributed by atoms with Crippen LogP contribution in [0.15, 0.2) is 60.7 Å². The molecule has 1 saturated heterocycles. The Kier molecular flexibility index (Phi) is 5.72. The molecule has 1 aliphatic rings. The second kappa shape index (κ2) is 7.84. The first kappa shape index (κ1) is 19.0. The van der Waals surface area contributed by atoms with Gasteiger partial charge >= 0.3 is 0 Å². The van der Waals surface area contributed by atoms with Gasteiger partial charge in [0, 0.05) is 12.8 Å². The fourth-order valence-electron chi connectivity index (χ4n) is 3.37. The summed E-state index contributed by atoms with van der Waals surface area (Å²) in [7, 11) is 0. The van der Waals surface area contributed by atoms with Crippen LogP contribution in [-0.2, 0) is 17.6 Å². The van der Waals surface area contributed by atoms with Crippen LogP contribution in [0.5, 0.6) is 0 Å². The predicted molar refractivity (Wildman–Crippen MR) is 94.1 cm³/mol. The monoisotopic (exact) mass is 360 g/mol. The van der Waals surface area contributed by atoms with E-state index in [1.807, 2.05) is 36.4 Å². The van der Waals surface area contributed by atoms with Crippen LogP contribution >= 0.6 is 0 Å². The summed E-state index contributed by atoms with van der Waals surface area (Å²) < 4.78 is 5.34. The highest BCUT2D eigenvalue weighted by Gasteiger charge is 2.55. The molecule has 6 heteroatoms. The summed E-state index contributed by atoms with van der Waals surface area (Å²) in [6, 6.07) is 17.9. The lowest BCUT2D eigenvalue weighted by Crippen LogP contribution is -2.68. The van der Waals surface area contributed by atoms with Crippen molar-refractivity contribution >= 4 is 0 Å². The highest BCUT2D eigenvalue weighted by molar-refractivity contribution is 5.20. The first-order valence-electron chi connectivity index (χ1n) is 8.60. The number of hydrogen-bond acceptors (Lipinski definition) is 6. The minimum atomic E-state index is -2.08. The molecular formula is C20H24O6. The van der Waals surface area contributed by atoms with Crippen LogP contribution in [0.25, 0.3) is 0 Å². The highest BCUT2D eigenvalue weighted by Crippen LogP contribution is 2.33. The third-order valence-electron chi connectivity index (χ3n) is 4.88. The van der Waals surface area contributed by atoms with Crippen molar-refractivity contribution in [3.05, 3.63) is 71.8 Å². The second-order valence-corrected chi connectivity index (χ2v) is 6.80. The molecule has 1 heterocycles. The van der Waals surface area contributed by atoms with Crippen molar-refractivity contribution in [2.75, 3.05) is 0 Å². The van der Waals surface area contributed by atoms with Gasteiger partial charge in [-0.15, -0.1) is 0 Å². The molecule has 0 aromatic heterocycles. The van der Waals surface area contributed by atoms with Gasteiger partial charge in [-0.3, -0.25) is 0 Å². The Labute approximate surface area is 151 Å². The van der Waals surface area contributed by atoms with E-state index in [-0.39, 0.29) is 12.8 Å². The molecule has 2 aromatic carbocycles. The number of aliphatic hydroxyl groups excluding tert-OH is 4. The summed E-state index contributed by atoms with van der Waals surface area (Å²) in [6.45, 7) is 0. The zero-order valence-corrected chi connectivity index (χ0v) is 14.2. The molecule has 2 aromatic rings. The molecule has 1 aliphatic heterocycles. The van der Waals surface area contributed by atoms with Gasteiger partial charge in [0.2, 0.25) is 0 Å². The molecule has 6 atom stereocenters. The summed E-state index contributed by atoms with van der Waals surface area (Å²) in [5.74, 6) is 0. The Morgan fingerprint density at radius 3 is 2.00 bits per heavy atom. The van der Waals surface area contributed by atoms with Gasteiger partial charge in [-0.25, -0.2) is 0 Å². The first-order chi connectivity index (χ1) is 12.4. The minimum absolute atomic E-state index is 0.102. The van der Waals surface area contributed by atoms with Crippen LogP contribution in [0.4, 0.5) is 0 Å². The standard InChI is InChI=1S/C20H24O6/c21-15(11-13-7-3-1-4-8-13)17-16(22)18(23)20(25,19(24)26-17)12-14-9-5-2-6-10-14/h1-10,15-19,21-25H,11-12H2/t15?,16-,17+,18-,19-,20+/m0/s1. The molecule has 0 saturated carbocycles. The molecular weight excluding hydrogens is 336 g/mol. The summed E-state index contributed by atoms with van der Waals surface area (Å²) in [5.41, 5.74) is -0.582. The fourth-order valence-corrected chi connectivity index (χ4v) is 3.37. The lowest BCUT2D eigenvalue weighted by molar-refractivity contribution is -0.336. The highest BCUT2D eigenvalue weighted by atomic mass is 16.6. The average molecular weight is 360 g/mol. The number of benzene rings is 2. The van der Waals surface area contributed by atoms with Crippen molar-refractivity contribution in [1.82, 2.24) is 0 Å². The van der Waals surface area contributed by atoms with E-state index in [4.69, 9.17) is 4.74 Å².